The Balaban J connectivity index is 0.00000180. The van der Waals surface area contributed by atoms with Gasteiger partial charge in [0.15, 0.2) is 0 Å². The Morgan fingerprint density at radius 1 is 1.26 bits per heavy atom. The van der Waals surface area contributed by atoms with Gasteiger partial charge in [-0.1, -0.05) is 25.3 Å². The predicted octanol–water partition coefficient (Wildman–Crippen LogP) is 3.50. The van der Waals surface area contributed by atoms with Gasteiger partial charge in [0.2, 0.25) is 0 Å². The van der Waals surface area contributed by atoms with Gasteiger partial charge in [0, 0.05) is 0 Å². The van der Waals surface area contributed by atoms with Gasteiger partial charge in [0.25, 0.3) is 0 Å². The number of aliphatic hydroxyl groups excluding tert-OH is 1. The Bertz CT molecular complexity index is 407. The number of hydrogen-bond acceptors (Lipinski definition) is 2. The van der Waals surface area contributed by atoms with Gasteiger partial charge in [-0.3, -0.25) is 0 Å². The number of halogens is 2. The van der Waals surface area contributed by atoms with Crippen molar-refractivity contribution in [3.8, 4) is 0 Å². The summed E-state index contributed by atoms with van der Waals surface area (Å²) in [5, 5.41) is 10.4. The van der Waals surface area contributed by atoms with Crippen LogP contribution in [0.4, 0.5) is 4.39 Å². The van der Waals surface area contributed by atoms with Crippen molar-refractivity contribution in [3.63, 3.8) is 0 Å². The maximum absolute atomic E-state index is 13.1. The van der Waals surface area contributed by atoms with Crippen LogP contribution in [-0.2, 0) is 0 Å². The zero-order valence-electron chi connectivity index (χ0n) is 11.3. The number of aryl methyl sites for hydroxylation is 1. The number of rotatable bonds is 3. The highest BCUT2D eigenvalue weighted by atomic mass is 35.5. The molecule has 1 aromatic carbocycles. The molecule has 19 heavy (non-hydrogen) atoms. The van der Waals surface area contributed by atoms with Gasteiger partial charge in [0.05, 0.1) is 12.1 Å². The van der Waals surface area contributed by atoms with E-state index < -0.39 is 12.1 Å². The fraction of sp³-hybridized carbons (Fsp3) is 0.600. The van der Waals surface area contributed by atoms with E-state index in [1.54, 1.807) is 6.07 Å². The first kappa shape index (κ1) is 16.4. The quantitative estimate of drug-likeness (QED) is 0.894. The molecule has 0 saturated heterocycles. The lowest BCUT2D eigenvalue weighted by Crippen LogP contribution is -2.34. The molecule has 0 spiro atoms. The summed E-state index contributed by atoms with van der Waals surface area (Å²) in [5.74, 6) is 0.0359. The van der Waals surface area contributed by atoms with E-state index in [1.165, 1.54) is 31.4 Å². The highest BCUT2D eigenvalue weighted by molar-refractivity contribution is 5.85. The van der Waals surface area contributed by atoms with Crippen LogP contribution in [0.3, 0.4) is 0 Å². The van der Waals surface area contributed by atoms with Gasteiger partial charge in [-0.15, -0.1) is 12.4 Å². The van der Waals surface area contributed by atoms with Crippen molar-refractivity contribution in [2.24, 2.45) is 11.7 Å². The van der Waals surface area contributed by atoms with Crippen LogP contribution in [0.2, 0.25) is 0 Å². The molecule has 0 aliphatic heterocycles. The Morgan fingerprint density at radius 3 is 2.47 bits per heavy atom. The van der Waals surface area contributed by atoms with Crippen molar-refractivity contribution in [1.82, 2.24) is 0 Å². The molecule has 1 aromatic rings. The van der Waals surface area contributed by atoms with E-state index in [4.69, 9.17) is 5.73 Å². The van der Waals surface area contributed by atoms with Gasteiger partial charge in [0.1, 0.15) is 5.82 Å². The van der Waals surface area contributed by atoms with Gasteiger partial charge in [-0.05, 0) is 48.9 Å². The smallest absolute Gasteiger partial charge is 0.123 e. The lowest BCUT2D eigenvalue weighted by atomic mass is 9.81. The summed E-state index contributed by atoms with van der Waals surface area (Å²) in [6.07, 6.45) is 5.20. The Hall–Kier alpha value is -0.640. The van der Waals surface area contributed by atoms with Crippen molar-refractivity contribution in [2.45, 2.75) is 51.2 Å². The van der Waals surface area contributed by atoms with E-state index in [0.29, 0.717) is 5.92 Å². The summed E-state index contributed by atoms with van der Waals surface area (Å²) in [6, 6.07) is 4.17. The zero-order chi connectivity index (χ0) is 13.1. The Kier molecular flexibility index (Phi) is 6.24. The third-order valence-electron chi connectivity index (χ3n) is 4.09. The summed E-state index contributed by atoms with van der Waals surface area (Å²) in [5.41, 5.74) is 7.82. The van der Waals surface area contributed by atoms with Crippen molar-refractivity contribution in [2.75, 3.05) is 0 Å². The molecule has 0 aromatic heterocycles. The largest absolute Gasteiger partial charge is 0.391 e. The van der Waals surface area contributed by atoms with Crippen LogP contribution in [0.15, 0.2) is 18.2 Å². The second-order valence-corrected chi connectivity index (χ2v) is 5.42. The average Bonchev–Trinajstić information content (AvgIpc) is 2.38. The molecular formula is C15H23ClFNO. The molecular weight excluding hydrogens is 265 g/mol. The molecule has 0 unspecified atom stereocenters. The van der Waals surface area contributed by atoms with E-state index in [2.05, 4.69) is 0 Å². The van der Waals surface area contributed by atoms with Gasteiger partial charge >= 0.3 is 0 Å². The van der Waals surface area contributed by atoms with Crippen LogP contribution in [0.1, 0.15) is 49.3 Å². The maximum atomic E-state index is 13.1. The molecule has 2 atom stereocenters. The topological polar surface area (TPSA) is 46.2 Å². The average molecular weight is 288 g/mol. The minimum atomic E-state index is -0.519. The van der Waals surface area contributed by atoms with Crippen LogP contribution in [0.25, 0.3) is 0 Å². The number of nitrogens with two attached hydrogens (primary N) is 1. The maximum Gasteiger partial charge on any atom is 0.123 e. The normalized spacial score (nSPS) is 19.6. The lowest BCUT2D eigenvalue weighted by Gasteiger charge is -2.31. The van der Waals surface area contributed by atoms with E-state index in [9.17, 15) is 9.50 Å². The highest BCUT2D eigenvalue weighted by Crippen LogP contribution is 2.32. The summed E-state index contributed by atoms with van der Waals surface area (Å²) in [4.78, 5) is 0. The van der Waals surface area contributed by atoms with E-state index in [1.807, 2.05) is 6.92 Å². The zero-order valence-corrected chi connectivity index (χ0v) is 12.1. The molecule has 0 amide bonds. The second kappa shape index (κ2) is 7.22. The third kappa shape index (κ3) is 3.91. The molecule has 108 valence electrons. The van der Waals surface area contributed by atoms with Crippen molar-refractivity contribution in [1.29, 1.82) is 0 Å². The summed E-state index contributed by atoms with van der Waals surface area (Å²) in [6.45, 7) is 1.84. The molecule has 2 rings (SSSR count). The molecule has 3 N–H and O–H groups in total. The molecule has 1 fully saturated rings. The minimum absolute atomic E-state index is 0. The summed E-state index contributed by atoms with van der Waals surface area (Å²) < 4.78 is 13.1. The first-order valence-corrected chi connectivity index (χ1v) is 6.79. The van der Waals surface area contributed by atoms with Gasteiger partial charge < -0.3 is 10.8 Å². The Labute approximate surface area is 120 Å². The molecule has 0 radical (unpaired) electrons. The van der Waals surface area contributed by atoms with Gasteiger partial charge in [-0.25, -0.2) is 4.39 Å². The van der Waals surface area contributed by atoms with Crippen molar-refractivity contribution in [3.05, 3.63) is 35.1 Å². The second-order valence-electron chi connectivity index (χ2n) is 5.42. The predicted molar refractivity (Wildman–Crippen MR) is 77.9 cm³/mol. The van der Waals surface area contributed by atoms with Crippen LogP contribution < -0.4 is 5.73 Å². The molecule has 4 heteroatoms. The van der Waals surface area contributed by atoms with Crippen LogP contribution in [-0.4, -0.2) is 11.2 Å². The third-order valence-corrected chi connectivity index (χ3v) is 4.09. The van der Waals surface area contributed by atoms with E-state index in [0.717, 1.165) is 24.0 Å². The molecule has 1 aliphatic rings. The van der Waals surface area contributed by atoms with Crippen molar-refractivity contribution < 1.29 is 9.50 Å². The van der Waals surface area contributed by atoms with Crippen molar-refractivity contribution >= 4 is 12.4 Å². The summed E-state index contributed by atoms with van der Waals surface area (Å²) >= 11 is 0. The first-order chi connectivity index (χ1) is 8.59. The first-order valence-electron chi connectivity index (χ1n) is 6.79. The fourth-order valence-electron chi connectivity index (χ4n) is 2.97. The molecule has 0 heterocycles. The number of hydrogen-bond donors (Lipinski definition) is 2. The Morgan fingerprint density at radius 2 is 1.89 bits per heavy atom. The fourth-order valence-corrected chi connectivity index (χ4v) is 2.97. The molecule has 0 bridgehead atoms. The number of benzene rings is 1. The summed E-state index contributed by atoms with van der Waals surface area (Å²) in [7, 11) is 0. The van der Waals surface area contributed by atoms with E-state index >= 15 is 0 Å². The van der Waals surface area contributed by atoms with Crippen LogP contribution in [0, 0.1) is 18.7 Å². The SMILES string of the molecule is Cc1cc(F)ccc1[C@@H](N)[C@@H](O)C1CCCCC1.Cl. The minimum Gasteiger partial charge on any atom is -0.391 e. The van der Waals surface area contributed by atoms with Crippen LogP contribution >= 0.6 is 12.4 Å². The van der Waals surface area contributed by atoms with E-state index in [-0.39, 0.29) is 18.2 Å². The molecule has 2 nitrogen and oxygen atoms in total. The van der Waals surface area contributed by atoms with Gasteiger partial charge in [-0.2, -0.15) is 0 Å². The molecule has 1 saturated carbocycles. The lowest BCUT2D eigenvalue weighted by molar-refractivity contribution is 0.0616. The standard InChI is InChI=1S/C15H22FNO.ClH/c1-10-9-12(16)7-8-13(10)14(17)15(18)11-5-3-2-4-6-11;/h7-9,11,14-15,18H,2-6,17H2,1H3;1H/t14-,15+;/m1./s1. The monoisotopic (exact) mass is 287 g/mol. The van der Waals surface area contributed by atoms with Crippen LogP contribution in [0.5, 0.6) is 0 Å². The highest BCUT2D eigenvalue weighted by Gasteiger charge is 2.28. The molecule has 1 aliphatic carbocycles. The number of aliphatic hydroxyl groups is 1.